The van der Waals surface area contributed by atoms with Gasteiger partial charge in [0.1, 0.15) is 0 Å². The fourth-order valence-corrected chi connectivity index (χ4v) is 0.479. The first-order valence-corrected chi connectivity index (χ1v) is 4.12. The van der Waals surface area contributed by atoms with Crippen LogP contribution in [0.5, 0.6) is 0 Å². The lowest BCUT2D eigenvalue weighted by Crippen LogP contribution is -2.26. The van der Waals surface area contributed by atoms with Crippen LogP contribution in [-0.4, -0.2) is 38.6 Å². The molecule has 0 rings (SSSR count). The Bertz CT molecular complexity index is 44.5. The molecular formula is C8H22N2. The van der Waals surface area contributed by atoms with Crippen molar-refractivity contribution in [2.75, 3.05) is 33.7 Å². The predicted molar refractivity (Wildman–Crippen MR) is 48.4 cm³/mol. The average molecular weight is 146 g/mol. The third kappa shape index (κ3) is 15.7. The van der Waals surface area contributed by atoms with Gasteiger partial charge in [0.05, 0.1) is 0 Å². The monoisotopic (exact) mass is 146 g/mol. The van der Waals surface area contributed by atoms with Crippen molar-refractivity contribution in [3.63, 3.8) is 0 Å². The third-order valence-electron chi connectivity index (χ3n) is 0.986. The highest BCUT2D eigenvalue weighted by molar-refractivity contribution is 4.45. The second kappa shape index (κ2) is 11.7. The summed E-state index contributed by atoms with van der Waals surface area (Å²) in [4.78, 5) is 2.17. The number of nitrogens with one attached hydrogen (secondary N) is 1. The number of hydrogen-bond acceptors (Lipinski definition) is 2. The molecule has 0 saturated carbocycles. The van der Waals surface area contributed by atoms with E-state index in [1.807, 2.05) is 13.8 Å². The highest BCUT2D eigenvalue weighted by Gasteiger charge is 1.84. The molecule has 0 aliphatic carbocycles. The Morgan fingerprint density at radius 2 is 1.70 bits per heavy atom. The minimum absolute atomic E-state index is 1.08. The number of likely N-dealkylation sites (N-methyl/N-ethyl adjacent to an activating group) is 2. The van der Waals surface area contributed by atoms with E-state index < -0.39 is 0 Å². The van der Waals surface area contributed by atoms with Gasteiger partial charge in [-0.2, -0.15) is 0 Å². The number of hydrogen-bond donors (Lipinski definition) is 1. The van der Waals surface area contributed by atoms with E-state index in [4.69, 9.17) is 0 Å². The van der Waals surface area contributed by atoms with Gasteiger partial charge in [-0.1, -0.05) is 20.8 Å². The SMILES string of the molecule is CC.CCNCCN(C)C. The van der Waals surface area contributed by atoms with Crippen molar-refractivity contribution in [2.45, 2.75) is 20.8 Å². The third-order valence-corrected chi connectivity index (χ3v) is 0.986. The second-order valence-corrected chi connectivity index (χ2v) is 2.16. The van der Waals surface area contributed by atoms with Crippen LogP contribution in [0.2, 0.25) is 0 Å². The summed E-state index contributed by atoms with van der Waals surface area (Å²) in [5, 5.41) is 3.24. The zero-order valence-electron chi connectivity index (χ0n) is 8.07. The Kier molecular flexibility index (Phi) is 14.7. The van der Waals surface area contributed by atoms with Crippen molar-refractivity contribution in [1.29, 1.82) is 0 Å². The molecule has 0 bridgehead atoms. The van der Waals surface area contributed by atoms with E-state index in [0.29, 0.717) is 0 Å². The highest BCUT2D eigenvalue weighted by Crippen LogP contribution is 1.68. The van der Waals surface area contributed by atoms with Gasteiger partial charge < -0.3 is 10.2 Å². The van der Waals surface area contributed by atoms with E-state index in [2.05, 4.69) is 31.2 Å². The Balaban J connectivity index is 0. The molecule has 0 aliphatic heterocycles. The first-order valence-electron chi connectivity index (χ1n) is 4.12. The molecule has 0 aromatic heterocycles. The molecule has 0 radical (unpaired) electrons. The molecule has 0 aromatic rings. The summed E-state index contributed by atoms with van der Waals surface area (Å²) in [7, 11) is 4.16. The van der Waals surface area contributed by atoms with Gasteiger partial charge in [-0.3, -0.25) is 0 Å². The van der Waals surface area contributed by atoms with Crippen LogP contribution in [0.25, 0.3) is 0 Å². The molecule has 1 N–H and O–H groups in total. The van der Waals surface area contributed by atoms with Gasteiger partial charge in [0.25, 0.3) is 0 Å². The fourth-order valence-electron chi connectivity index (χ4n) is 0.479. The molecule has 0 saturated heterocycles. The maximum atomic E-state index is 3.24. The van der Waals surface area contributed by atoms with Gasteiger partial charge in [-0.05, 0) is 20.6 Å². The van der Waals surface area contributed by atoms with E-state index in [-0.39, 0.29) is 0 Å². The highest BCUT2D eigenvalue weighted by atomic mass is 15.1. The van der Waals surface area contributed by atoms with Crippen LogP contribution in [0.15, 0.2) is 0 Å². The lowest BCUT2D eigenvalue weighted by molar-refractivity contribution is 0.402. The molecule has 0 aliphatic rings. The zero-order chi connectivity index (χ0) is 8.41. The van der Waals surface area contributed by atoms with Gasteiger partial charge in [0.15, 0.2) is 0 Å². The summed E-state index contributed by atoms with van der Waals surface area (Å²) >= 11 is 0. The van der Waals surface area contributed by atoms with Crippen molar-refractivity contribution in [2.24, 2.45) is 0 Å². The summed E-state index contributed by atoms with van der Waals surface area (Å²) in [5.41, 5.74) is 0. The van der Waals surface area contributed by atoms with Crippen molar-refractivity contribution < 1.29 is 0 Å². The normalized spacial score (nSPS) is 9.00. The Morgan fingerprint density at radius 3 is 2.00 bits per heavy atom. The fraction of sp³-hybridized carbons (Fsp3) is 1.00. The van der Waals surface area contributed by atoms with Crippen LogP contribution < -0.4 is 5.32 Å². The van der Waals surface area contributed by atoms with Gasteiger partial charge in [-0.25, -0.2) is 0 Å². The van der Waals surface area contributed by atoms with Crippen molar-refractivity contribution in [3.05, 3.63) is 0 Å². The van der Waals surface area contributed by atoms with Crippen LogP contribution in [-0.2, 0) is 0 Å². The van der Waals surface area contributed by atoms with Gasteiger partial charge >= 0.3 is 0 Å². The average Bonchev–Trinajstić information content (AvgIpc) is 1.92. The topological polar surface area (TPSA) is 15.3 Å². The Labute approximate surface area is 65.6 Å². The van der Waals surface area contributed by atoms with Crippen LogP contribution in [0, 0.1) is 0 Å². The first kappa shape index (κ1) is 12.6. The molecule has 10 heavy (non-hydrogen) atoms. The molecule has 2 nitrogen and oxygen atoms in total. The van der Waals surface area contributed by atoms with Crippen LogP contribution in [0.1, 0.15) is 20.8 Å². The first-order chi connectivity index (χ1) is 4.77. The van der Waals surface area contributed by atoms with Crippen molar-refractivity contribution in [1.82, 2.24) is 10.2 Å². The molecule has 2 heteroatoms. The minimum atomic E-state index is 1.08. The van der Waals surface area contributed by atoms with Crippen LogP contribution in [0.3, 0.4) is 0 Å². The zero-order valence-corrected chi connectivity index (χ0v) is 8.07. The van der Waals surface area contributed by atoms with E-state index >= 15 is 0 Å². The predicted octanol–water partition coefficient (Wildman–Crippen LogP) is 1.18. The van der Waals surface area contributed by atoms with Gasteiger partial charge in [0.2, 0.25) is 0 Å². The summed E-state index contributed by atoms with van der Waals surface area (Å²) in [6.45, 7) is 9.43. The molecule has 0 heterocycles. The molecular weight excluding hydrogens is 124 g/mol. The van der Waals surface area contributed by atoms with E-state index in [1.165, 1.54) is 0 Å². The van der Waals surface area contributed by atoms with Crippen molar-refractivity contribution >= 4 is 0 Å². The quantitative estimate of drug-likeness (QED) is 0.599. The largest absolute Gasteiger partial charge is 0.316 e. The molecule has 0 aromatic carbocycles. The molecule has 0 amide bonds. The molecule has 0 spiro atoms. The van der Waals surface area contributed by atoms with Crippen LogP contribution in [0.4, 0.5) is 0 Å². The van der Waals surface area contributed by atoms with E-state index in [0.717, 1.165) is 19.6 Å². The Hall–Kier alpha value is -0.0800. The molecule has 0 unspecified atom stereocenters. The molecule has 64 valence electrons. The molecule has 0 atom stereocenters. The summed E-state index contributed by atoms with van der Waals surface area (Å²) in [6, 6.07) is 0. The van der Waals surface area contributed by atoms with Crippen LogP contribution >= 0.6 is 0 Å². The summed E-state index contributed by atoms with van der Waals surface area (Å²) < 4.78 is 0. The summed E-state index contributed by atoms with van der Waals surface area (Å²) in [6.07, 6.45) is 0. The van der Waals surface area contributed by atoms with E-state index in [1.54, 1.807) is 0 Å². The Morgan fingerprint density at radius 1 is 1.20 bits per heavy atom. The van der Waals surface area contributed by atoms with Gasteiger partial charge in [-0.15, -0.1) is 0 Å². The smallest absolute Gasteiger partial charge is 0.0101 e. The lowest BCUT2D eigenvalue weighted by atomic mass is 10.5. The van der Waals surface area contributed by atoms with E-state index in [9.17, 15) is 0 Å². The second-order valence-electron chi connectivity index (χ2n) is 2.16. The number of rotatable bonds is 4. The maximum absolute atomic E-state index is 3.24. The summed E-state index contributed by atoms with van der Waals surface area (Å²) in [5.74, 6) is 0. The van der Waals surface area contributed by atoms with Crippen molar-refractivity contribution in [3.8, 4) is 0 Å². The number of nitrogens with zero attached hydrogens (tertiary/aromatic N) is 1. The maximum Gasteiger partial charge on any atom is 0.0101 e. The standard InChI is InChI=1S/C6H16N2.C2H6/c1-4-7-5-6-8(2)3;1-2/h7H,4-6H2,1-3H3;1-2H3. The van der Waals surface area contributed by atoms with Gasteiger partial charge in [0, 0.05) is 13.1 Å². The minimum Gasteiger partial charge on any atom is -0.316 e. The lowest BCUT2D eigenvalue weighted by Gasteiger charge is -2.08. The molecule has 0 fully saturated rings.